The maximum atomic E-state index is 13.3. The third-order valence-corrected chi connectivity index (χ3v) is 5.26. The number of rotatable bonds is 2. The van der Waals surface area contributed by atoms with Crippen LogP contribution in [0.5, 0.6) is 0 Å². The maximum absolute atomic E-state index is 13.3. The van der Waals surface area contributed by atoms with E-state index in [0.29, 0.717) is 16.7 Å². The second kappa shape index (κ2) is 4.97. The zero-order chi connectivity index (χ0) is 14.4. The van der Waals surface area contributed by atoms with Gasteiger partial charge in [-0.25, -0.2) is 4.39 Å². The van der Waals surface area contributed by atoms with Gasteiger partial charge in [0.1, 0.15) is 23.3 Å². The van der Waals surface area contributed by atoms with E-state index in [4.69, 9.17) is 4.42 Å². The average Bonchev–Trinajstić information content (AvgIpc) is 3.11. The van der Waals surface area contributed by atoms with Crippen LogP contribution in [-0.4, -0.2) is 5.11 Å². The Morgan fingerprint density at radius 3 is 3.10 bits per heavy atom. The molecule has 4 heteroatoms. The quantitative estimate of drug-likeness (QED) is 0.738. The average molecular weight is 302 g/mol. The van der Waals surface area contributed by atoms with Crippen LogP contribution in [0.2, 0.25) is 0 Å². The predicted molar refractivity (Wildman–Crippen MR) is 81.1 cm³/mol. The Hall–Kier alpha value is -1.65. The third kappa shape index (κ3) is 2.19. The standard InChI is InChI=1S/C17H15FO2S/c18-11-4-5-14-10(8-11)9-15(20-14)17(19)13-2-1-3-16-12(13)6-7-21-16/h4-9,13,17,19H,1-3H2. The topological polar surface area (TPSA) is 33.4 Å². The van der Waals surface area contributed by atoms with Gasteiger partial charge in [-0.3, -0.25) is 0 Å². The van der Waals surface area contributed by atoms with Crippen LogP contribution >= 0.6 is 11.3 Å². The summed E-state index contributed by atoms with van der Waals surface area (Å²) in [4.78, 5) is 1.37. The molecule has 0 saturated carbocycles. The third-order valence-electron chi connectivity index (χ3n) is 4.27. The molecule has 0 fully saturated rings. The van der Waals surface area contributed by atoms with Crippen molar-refractivity contribution in [3.05, 3.63) is 57.7 Å². The molecule has 108 valence electrons. The molecule has 3 aromatic rings. The highest BCUT2D eigenvalue weighted by Crippen LogP contribution is 2.43. The van der Waals surface area contributed by atoms with Gasteiger partial charge in [0.25, 0.3) is 0 Å². The van der Waals surface area contributed by atoms with E-state index < -0.39 is 6.10 Å². The Morgan fingerprint density at radius 1 is 1.29 bits per heavy atom. The summed E-state index contributed by atoms with van der Waals surface area (Å²) in [5.74, 6) is 0.312. The number of furan rings is 1. The molecule has 2 nitrogen and oxygen atoms in total. The summed E-state index contributed by atoms with van der Waals surface area (Å²) >= 11 is 1.76. The molecule has 2 atom stereocenters. The number of hydrogen-bond donors (Lipinski definition) is 1. The molecule has 1 N–H and O–H groups in total. The van der Waals surface area contributed by atoms with E-state index >= 15 is 0 Å². The van der Waals surface area contributed by atoms with Gasteiger partial charge >= 0.3 is 0 Å². The van der Waals surface area contributed by atoms with E-state index in [1.165, 1.54) is 22.6 Å². The van der Waals surface area contributed by atoms with Gasteiger partial charge in [0.15, 0.2) is 0 Å². The van der Waals surface area contributed by atoms with Crippen LogP contribution in [0.4, 0.5) is 4.39 Å². The number of aliphatic hydroxyl groups is 1. The lowest BCUT2D eigenvalue weighted by molar-refractivity contribution is 0.114. The Labute approximate surface area is 125 Å². The van der Waals surface area contributed by atoms with E-state index in [1.54, 1.807) is 23.5 Å². The molecule has 1 aromatic carbocycles. The maximum Gasteiger partial charge on any atom is 0.134 e. The lowest BCUT2D eigenvalue weighted by Gasteiger charge is -2.26. The molecular formula is C17H15FO2S. The summed E-state index contributed by atoms with van der Waals surface area (Å²) in [5, 5.41) is 13.5. The number of fused-ring (bicyclic) bond motifs is 2. The molecular weight excluding hydrogens is 287 g/mol. The number of aryl methyl sites for hydroxylation is 1. The van der Waals surface area contributed by atoms with Gasteiger partial charge in [-0.15, -0.1) is 11.3 Å². The van der Waals surface area contributed by atoms with Crippen molar-refractivity contribution in [2.75, 3.05) is 0 Å². The van der Waals surface area contributed by atoms with Crippen LogP contribution in [0.25, 0.3) is 11.0 Å². The molecule has 0 amide bonds. The summed E-state index contributed by atoms with van der Waals surface area (Å²) in [6.07, 6.45) is 2.47. The normalized spacial score (nSPS) is 19.6. The van der Waals surface area contributed by atoms with Crippen LogP contribution in [0, 0.1) is 5.82 Å². The van der Waals surface area contributed by atoms with Crippen LogP contribution in [0.1, 0.15) is 41.1 Å². The molecule has 2 heterocycles. The molecule has 0 spiro atoms. The van der Waals surface area contributed by atoms with Crippen molar-refractivity contribution in [1.29, 1.82) is 0 Å². The first-order chi connectivity index (χ1) is 10.2. The number of aliphatic hydroxyl groups excluding tert-OH is 1. The second-order valence-electron chi connectivity index (χ2n) is 5.57. The molecule has 1 aliphatic carbocycles. The van der Waals surface area contributed by atoms with Crippen molar-refractivity contribution >= 4 is 22.3 Å². The van der Waals surface area contributed by atoms with E-state index in [2.05, 4.69) is 11.4 Å². The fourth-order valence-corrected chi connectivity index (χ4v) is 4.23. The smallest absolute Gasteiger partial charge is 0.134 e. The van der Waals surface area contributed by atoms with Crippen molar-refractivity contribution in [2.24, 2.45) is 0 Å². The molecule has 0 saturated heterocycles. The second-order valence-corrected chi connectivity index (χ2v) is 6.57. The summed E-state index contributed by atoms with van der Waals surface area (Å²) in [6, 6.07) is 8.28. The van der Waals surface area contributed by atoms with E-state index in [1.807, 2.05) is 0 Å². The van der Waals surface area contributed by atoms with Crippen LogP contribution < -0.4 is 0 Å². The number of thiophene rings is 1. The number of halogens is 1. The Morgan fingerprint density at radius 2 is 2.19 bits per heavy atom. The van der Waals surface area contributed by atoms with Crippen LogP contribution in [0.15, 0.2) is 40.1 Å². The zero-order valence-corrected chi connectivity index (χ0v) is 12.2. The minimum atomic E-state index is -0.672. The molecule has 21 heavy (non-hydrogen) atoms. The predicted octanol–water partition coefficient (Wildman–Crippen LogP) is 4.79. The largest absolute Gasteiger partial charge is 0.458 e. The molecule has 0 bridgehead atoms. The van der Waals surface area contributed by atoms with E-state index in [0.717, 1.165) is 19.3 Å². The summed E-state index contributed by atoms with van der Waals surface area (Å²) < 4.78 is 19.0. The van der Waals surface area contributed by atoms with Crippen LogP contribution in [0.3, 0.4) is 0 Å². The Kier molecular flexibility index (Phi) is 3.08. The summed E-state index contributed by atoms with van der Waals surface area (Å²) in [5.41, 5.74) is 1.86. The number of benzene rings is 1. The van der Waals surface area contributed by atoms with Gasteiger partial charge in [-0.05, 0) is 60.5 Å². The minimum Gasteiger partial charge on any atom is -0.458 e. The fraction of sp³-hybridized carbons (Fsp3) is 0.294. The molecule has 4 rings (SSSR count). The Balaban J connectivity index is 1.72. The lowest BCUT2D eigenvalue weighted by Crippen LogP contribution is -2.15. The molecule has 2 aromatic heterocycles. The van der Waals surface area contributed by atoms with E-state index in [9.17, 15) is 9.50 Å². The van der Waals surface area contributed by atoms with Crippen LogP contribution in [-0.2, 0) is 6.42 Å². The van der Waals surface area contributed by atoms with Crippen molar-refractivity contribution in [3.8, 4) is 0 Å². The first kappa shape index (κ1) is 13.0. The van der Waals surface area contributed by atoms with Crippen molar-refractivity contribution in [2.45, 2.75) is 31.3 Å². The highest BCUT2D eigenvalue weighted by atomic mass is 32.1. The lowest BCUT2D eigenvalue weighted by atomic mass is 9.83. The highest BCUT2D eigenvalue weighted by molar-refractivity contribution is 7.10. The summed E-state index contributed by atoms with van der Waals surface area (Å²) in [6.45, 7) is 0. The highest BCUT2D eigenvalue weighted by Gasteiger charge is 2.30. The zero-order valence-electron chi connectivity index (χ0n) is 11.4. The SMILES string of the molecule is OC(c1cc2cc(F)ccc2o1)C1CCCc2sccc21. The van der Waals surface area contributed by atoms with Gasteiger partial charge < -0.3 is 9.52 Å². The first-order valence-corrected chi connectivity index (χ1v) is 8.03. The van der Waals surface area contributed by atoms with Gasteiger partial charge in [-0.1, -0.05) is 0 Å². The summed E-state index contributed by atoms with van der Waals surface area (Å²) in [7, 11) is 0. The molecule has 2 unspecified atom stereocenters. The monoisotopic (exact) mass is 302 g/mol. The first-order valence-electron chi connectivity index (χ1n) is 7.16. The van der Waals surface area contributed by atoms with Gasteiger partial charge in [0.05, 0.1) is 0 Å². The van der Waals surface area contributed by atoms with Gasteiger partial charge in [0, 0.05) is 16.2 Å². The molecule has 0 aliphatic heterocycles. The minimum absolute atomic E-state index is 0.0745. The van der Waals surface area contributed by atoms with Crippen molar-refractivity contribution in [3.63, 3.8) is 0 Å². The van der Waals surface area contributed by atoms with E-state index in [-0.39, 0.29) is 11.7 Å². The van der Waals surface area contributed by atoms with Gasteiger partial charge in [0.2, 0.25) is 0 Å². The molecule has 1 aliphatic rings. The van der Waals surface area contributed by atoms with Crippen molar-refractivity contribution < 1.29 is 13.9 Å². The Bertz CT molecular complexity index is 789. The number of hydrogen-bond acceptors (Lipinski definition) is 3. The fourth-order valence-electron chi connectivity index (χ4n) is 3.23. The molecule has 0 radical (unpaired) electrons. The van der Waals surface area contributed by atoms with Crippen molar-refractivity contribution in [1.82, 2.24) is 0 Å². The van der Waals surface area contributed by atoms with Gasteiger partial charge in [-0.2, -0.15) is 0 Å².